The smallest absolute Gasteiger partial charge is 0.194 e. The van der Waals surface area contributed by atoms with E-state index in [1.54, 1.807) is 0 Å². The summed E-state index contributed by atoms with van der Waals surface area (Å²) in [5.41, 5.74) is 3.69. The van der Waals surface area contributed by atoms with Gasteiger partial charge in [0.05, 0.1) is 6.20 Å². The van der Waals surface area contributed by atoms with E-state index in [2.05, 4.69) is 49.3 Å². The summed E-state index contributed by atoms with van der Waals surface area (Å²) in [6, 6.07) is 6.27. The number of benzene rings is 1. The quantitative estimate of drug-likeness (QED) is 0.806. The Bertz CT molecular complexity index is 531. The minimum atomic E-state index is 0.828. The van der Waals surface area contributed by atoms with E-state index in [-0.39, 0.29) is 0 Å². The van der Waals surface area contributed by atoms with Gasteiger partial charge < -0.3 is 9.73 Å². The zero-order chi connectivity index (χ0) is 13.7. The van der Waals surface area contributed by atoms with Crippen LogP contribution in [0.25, 0.3) is 11.3 Å². The number of nitrogens with zero attached hydrogens (tertiary/aromatic N) is 1. The van der Waals surface area contributed by atoms with Crippen molar-refractivity contribution >= 4 is 0 Å². The summed E-state index contributed by atoms with van der Waals surface area (Å²) in [5.74, 6) is 1.70. The number of oxazole rings is 1. The van der Waals surface area contributed by atoms with E-state index in [4.69, 9.17) is 4.42 Å². The first-order chi connectivity index (χ1) is 9.22. The van der Waals surface area contributed by atoms with Crippen LogP contribution in [-0.2, 0) is 6.42 Å². The molecular formula is C16H22N2O. The van der Waals surface area contributed by atoms with E-state index in [0.29, 0.717) is 0 Å². The van der Waals surface area contributed by atoms with Crippen molar-refractivity contribution in [1.29, 1.82) is 0 Å². The van der Waals surface area contributed by atoms with E-state index in [1.807, 2.05) is 6.20 Å². The van der Waals surface area contributed by atoms with Crippen LogP contribution >= 0.6 is 0 Å². The molecule has 1 heterocycles. The second-order valence-electron chi connectivity index (χ2n) is 4.82. The molecule has 0 spiro atoms. The van der Waals surface area contributed by atoms with Gasteiger partial charge in [0.2, 0.25) is 0 Å². The van der Waals surface area contributed by atoms with Crippen molar-refractivity contribution in [2.75, 3.05) is 13.1 Å². The van der Waals surface area contributed by atoms with Gasteiger partial charge >= 0.3 is 0 Å². The van der Waals surface area contributed by atoms with Crippen LogP contribution in [-0.4, -0.2) is 18.1 Å². The van der Waals surface area contributed by atoms with Gasteiger partial charge in [0.15, 0.2) is 11.7 Å². The lowest BCUT2D eigenvalue weighted by molar-refractivity contribution is 0.493. The van der Waals surface area contributed by atoms with Gasteiger partial charge in [0, 0.05) is 12.0 Å². The maximum atomic E-state index is 5.85. The predicted molar refractivity (Wildman–Crippen MR) is 78.3 cm³/mol. The summed E-state index contributed by atoms with van der Waals surface area (Å²) in [7, 11) is 0. The number of nitrogens with one attached hydrogen (secondary N) is 1. The first kappa shape index (κ1) is 13.8. The molecule has 0 fully saturated rings. The van der Waals surface area contributed by atoms with Gasteiger partial charge in [-0.15, -0.1) is 0 Å². The number of hydrogen-bond acceptors (Lipinski definition) is 3. The summed E-state index contributed by atoms with van der Waals surface area (Å²) in [6.45, 7) is 8.38. The molecule has 102 valence electrons. The number of aryl methyl sites for hydroxylation is 2. The molecule has 0 radical (unpaired) electrons. The largest absolute Gasteiger partial charge is 0.441 e. The van der Waals surface area contributed by atoms with Gasteiger partial charge in [-0.2, -0.15) is 0 Å². The SMILES string of the molecule is CCNCCCc1ncc(-c2cccc(C)c2C)o1. The molecule has 1 N–H and O–H groups in total. The zero-order valence-electron chi connectivity index (χ0n) is 12.0. The lowest BCUT2D eigenvalue weighted by Crippen LogP contribution is -2.14. The molecule has 0 saturated heterocycles. The molecule has 0 aliphatic rings. The maximum absolute atomic E-state index is 5.85. The average Bonchev–Trinajstić information content (AvgIpc) is 2.87. The van der Waals surface area contributed by atoms with Crippen molar-refractivity contribution in [3.63, 3.8) is 0 Å². The van der Waals surface area contributed by atoms with Crippen molar-refractivity contribution in [1.82, 2.24) is 10.3 Å². The molecule has 0 unspecified atom stereocenters. The number of aromatic nitrogens is 1. The van der Waals surface area contributed by atoms with Gasteiger partial charge in [0.25, 0.3) is 0 Å². The Labute approximate surface area is 115 Å². The standard InChI is InChI=1S/C16H22N2O/c1-4-17-10-6-9-16-18-11-15(19-16)14-8-5-7-12(2)13(14)3/h5,7-8,11,17H,4,6,9-10H2,1-3H3. The van der Waals surface area contributed by atoms with Gasteiger partial charge in [-0.05, 0) is 44.5 Å². The van der Waals surface area contributed by atoms with Crippen molar-refractivity contribution in [2.45, 2.75) is 33.6 Å². The highest BCUT2D eigenvalue weighted by molar-refractivity contribution is 5.62. The first-order valence-electron chi connectivity index (χ1n) is 6.94. The van der Waals surface area contributed by atoms with Crippen molar-refractivity contribution in [3.8, 4) is 11.3 Å². The topological polar surface area (TPSA) is 38.1 Å². The molecule has 19 heavy (non-hydrogen) atoms. The fraction of sp³-hybridized carbons (Fsp3) is 0.438. The highest BCUT2D eigenvalue weighted by Gasteiger charge is 2.09. The van der Waals surface area contributed by atoms with Crippen LogP contribution in [0.4, 0.5) is 0 Å². The summed E-state index contributed by atoms with van der Waals surface area (Å²) in [4.78, 5) is 4.37. The van der Waals surface area contributed by atoms with Crippen LogP contribution in [0.1, 0.15) is 30.4 Å². The highest BCUT2D eigenvalue weighted by Crippen LogP contribution is 2.26. The normalized spacial score (nSPS) is 10.9. The summed E-state index contributed by atoms with van der Waals surface area (Å²) >= 11 is 0. The fourth-order valence-electron chi connectivity index (χ4n) is 2.11. The summed E-state index contributed by atoms with van der Waals surface area (Å²) in [5, 5.41) is 3.30. The number of rotatable bonds is 6. The molecule has 1 aromatic heterocycles. The molecular weight excluding hydrogens is 236 g/mol. The van der Waals surface area contributed by atoms with Crippen LogP contribution in [0.2, 0.25) is 0 Å². The lowest BCUT2D eigenvalue weighted by Gasteiger charge is -2.04. The molecule has 2 aromatic rings. The van der Waals surface area contributed by atoms with Crippen LogP contribution in [0.15, 0.2) is 28.8 Å². The van der Waals surface area contributed by atoms with E-state index in [1.165, 1.54) is 11.1 Å². The third-order valence-electron chi connectivity index (χ3n) is 3.42. The predicted octanol–water partition coefficient (Wildman–Crippen LogP) is 3.50. The Morgan fingerprint density at radius 2 is 2.11 bits per heavy atom. The van der Waals surface area contributed by atoms with Gasteiger partial charge in [-0.3, -0.25) is 0 Å². The molecule has 0 bridgehead atoms. The van der Waals surface area contributed by atoms with Crippen LogP contribution in [0.3, 0.4) is 0 Å². The highest BCUT2D eigenvalue weighted by atomic mass is 16.4. The van der Waals surface area contributed by atoms with E-state index >= 15 is 0 Å². The lowest BCUT2D eigenvalue weighted by atomic mass is 10.0. The molecule has 0 aliphatic carbocycles. The molecule has 1 aromatic carbocycles. The second kappa shape index (κ2) is 6.53. The van der Waals surface area contributed by atoms with Crippen molar-refractivity contribution < 1.29 is 4.42 Å². The second-order valence-corrected chi connectivity index (χ2v) is 4.82. The van der Waals surface area contributed by atoms with E-state index in [9.17, 15) is 0 Å². The van der Waals surface area contributed by atoms with E-state index in [0.717, 1.165) is 43.1 Å². The Morgan fingerprint density at radius 1 is 1.26 bits per heavy atom. The summed E-state index contributed by atoms with van der Waals surface area (Å²) in [6.07, 6.45) is 3.78. The van der Waals surface area contributed by atoms with Crippen LogP contribution in [0.5, 0.6) is 0 Å². The monoisotopic (exact) mass is 258 g/mol. The third-order valence-corrected chi connectivity index (χ3v) is 3.42. The molecule has 0 atom stereocenters. The molecule has 0 amide bonds. The van der Waals surface area contributed by atoms with Crippen molar-refractivity contribution in [3.05, 3.63) is 41.4 Å². The first-order valence-corrected chi connectivity index (χ1v) is 6.94. The molecule has 3 nitrogen and oxygen atoms in total. The average molecular weight is 258 g/mol. The van der Waals surface area contributed by atoms with E-state index < -0.39 is 0 Å². The number of hydrogen-bond donors (Lipinski definition) is 1. The zero-order valence-corrected chi connectivity index (χ0v) is 12.0. The summed E-state index contributed by atoms with van der Waals surface area (Å²) < 4.78 is 5.85. The fourth-order valence-corrected chi connectivity index (χ4v) is 2.11. The van der Waals surface area contributed by atoms with Crippen LogP contribution < -0.4 is 5.32 Å². The third kappa shape index (κ3) is 3.44. The van der Waals surface area contributed by atoms with Gasteiger partial charge in [-0.25, -0.2) is 4.98 Å². The Morgan fingerprint density at radius 3 is 2.89 bits per heavy atom. The Hall–Kier alpha value is -1.61. The minimum absolute atomic E-state index is 0.828. The van der Waals surface area contributed by atoms with Gasteiger partial charge in [0.1, 0.15) is 0 Å². The van der Waals surface area contributed by atoms with Crippen LogP contribution in [0, 0.1) is 13.8 Å². The minimum Gasteiger partial charge on any atom is -0.441 e. The molecule has 3 heteroatoms. The molecule has 2 rings (SSSR count). The Balaban J connectivity index is 2.06. The maximum Gasteiger partial charge on any atom is 0.194 e. The molecule has 0 saturated carbocycles. The Kier molecular flexibility index (Phi) is 4.74. The van der Waals surface area contributed by atoms with Gasteiger partial charge in [-0.1, -0.05) is 25.1 Å². The van der Waals surface area contributed by atoms with Crippen molar-refractivity contribution in [2.24, 2.45) is 0 Å². The molecule has 0 aliphatic heterocycles.